The van der Waals surface area contributed by atoms with Crippen LogP contribution in [0.15, 0.2) is 30.3 Å². The molecule has 0 aliphatic carbocycles. The van der Waals surface area contributed by atoms with Crippen molar-refractivity contribution in [3.8, 4) is 0 Å². The molecule has 0 N–H and O–H groups in total. The molecule has 0 saturated carbocycles. The van der Waals surface area contributed by atoms with Gasteiger partial charge >= 0.3 is 0 Å². The van der Waals surface area contributed by atoms with Crippen molar-refractivity contribution in [3.05, 3.63) is 35.9 Å². The molecule has 4 nitrogen and oxygen atoms in total. The van der Waals surface area contributed by atoms with Crippen molar-refractivity contribution in [2.75, 3.05) is 52.9 Å². The number of hydrogen-bond donors (Lipinski definition) is 0. The average Bonchev–Trinajstić information content (AvgIpc) is 2.69. The SMILES string of the molecule is CCN1C[C@@H](c2ccccc2)CC2(CCN(CC(=O)N(C)CC)CC2)C1. The highest BCUT2D eigenvalue weighted by atomic mass is 16.2. The van der Waals surface area contributed by atoms with Crippen LogP contribution in [-0.2, 0) is 4.79 Å². The zero-order valence-electron chi connectivity index (χ0n) is 16.8. The topological polar surface area (TPSA) is 26.8 Å². The van der Waals surface area contributed by atoms with E-state index in [2.05, 4.69) is 47.1 Å². The van der Waals surface area contributed by atoms with E-state index in [-0.39, 0.29) is 5.91 Å². The molecular weight excluding hydrogens is 322 g/mol. The van der Waals surface area contributed by atoms with Crippen LogP contribution >= 0.6 is 0 Å². The van der Waals surface area contributed by atoms with Crippen LogP contribution in [0.4, 0.5) is 0 Å². The second-order valence-corrected chi connectivity index (χ2v) is 8.32. The lowest BCUT2D eigenvalue weighted by atomic mass is 9.68. The predicted molar refractivity (Wildman–Crippen MR) is 107 cm³/mol. The summed E-state index contributed by atoms with van der Waals surface area (Å²) in [5.41, 5.74) is 1.91. The highest BCUT2D eigenvalue weighted by Crippen LogP contribution is 2.44. The molecule has 1 amide bonds. The molecule has 1 spiro atoms. The van der Waals surface area contributed by atoms with Gasteiger partial charge in [0.05, 0.1) is 6.54 Å². The highest BCUT2D eigenvalue weighted by molar-refractivity contribution is 5.77. The van der Waals surface area contributed by atoms with Crippen LogP contribution in [0.3, 0.4) is 0 Å². The van der Waals surface area contributed by atoms with Gasteiger partial charge in [-0.1, -0.05) is 37.3 Å². The molecule has 2 aliphatic rings. The van der Waals surface area contributed by atoms with Crippen molar-refractivity contribution in [1.29, 1.82) is 0 Å². The Balaban J connectivity index is 1.63. The lowest BCUT2D eigenvalue weighted by Crippen LogP contribution is -2.52. The molecule has 3 rings (SSSR count). The first-order chi connectivity index (χ1) is 12.5. The van der Waals surface area contributed by atoms with E-state index in [0.29, 0.717) is 17.9 Å². The summed E-state index contributed by atoms with van der Waals surface area (Å²) in [7, 11) is 1.90. The Bertz CT molecular complexity index is 580. The van der Waals surface area contributed by atoms with Crippen molar-refractivity contribution in [2.24, 2.45) is 5.41 Å². The number of nitrogens with zero attached hydrogens (tertiary/aromatic N) is 3. The molecule has 26 heavy (non-hydrogen) atoms. The number of hydrogen-bond acceptors (Lipinski definition) is 3. The number of carbonyl (C=O) groups excluding carboxylic acids is 1. The maximum atomic E-state index is 12.2. The normalized spacial score (nSPS) is 23.9. The molecule has 1 atom stereocenters. The lowest BCUT2D eigenvalue weighted by Gasteiger charge is -2.50. The zero-order valence-corrected chi connectivity index (χ0v) is 16.8. The minimum Gasteiger partial charge on any atom is -0.345 e. The second kappa shape index (κ2) is 8.53. The fourth-order valence-electron chi connectivity index (χ4n) is 4.73. The predicted octanol–water partition coefficient (Wildman–Crippen LogP) is 3.06. The Morgan fingerprint density at radius 2 is 1.85 bits per heavy atom. The quantitative estimate of drug-likeness (QED) is 0.810. The molecule has 2 aliphatic heterocycles. The van der Waals surface area contributed by atoms with Crippen LogP contribution in [0.5, 0.6) is 0 Å². The number of likely N-dealkylation sites (tertiary alicyclic amines) is 2. The van der Waals surface area contributed by atoms with Crippen LogP contribution in [0.25, 0.3) is 0 Å². The molecule has 2 fully saturated rings. The van der Waals surface area contributed by atoms with E-state index in [0.717, 1.165) is 26.2 Å². The van der Waals surface area contributed by atoms with E-state index in [4.69, 9.17) is 0 Å². The molecule has 1 aromatic carbocycles. The van der Waals surface area contributed by atoms with Gasteiger partial charge in [-0.25, -0.2) is 0 Å². The van der Waals surface area contributed by atoms with Gasteiger partial charge in [0.15, 0.2) is 0 Å². The molecule has 1 aromatic rings. The van der Waals surface area contributed by atoms with E-state index >= 15 is 0 Å². The second-order valence-electron chi connectivity index (χ2n) is 8.32. The number of piperidine rings is 2. The monoisotopic (exact) mass is 357 g/mol. The maximum absolute atomic E-state index is 12.2. The third-order valence-corrected chi connectivity index (χ3v) is 6.61. The van der Waals surface area contributed by atoms with Crippen molar-refractivity contribution in [3.63, 3.8) is 0 Å². The molecule has 4 heteroatoms. The number of benzene rings is 1. The van der Waals surface area contributed by atoms with Crippen LogP contribution in [0.1, 0.15) is 44.6 Å². The van der Waals surface area contributed by atoms with E-state index in [1.807, 2.05) is 18.9 Å². The first kappa shape index (κ1) is 19.4. The van der Waals surface area contributed by atoms with Crippen molar-refractivity contribution in [1.82, 2.24) is 14.7 Å². The Labute approximate surface area is 159 Å². The standard InChI is InChI=1S/C22H35N3O/c1-4-23(3)21(26)17-25-13-11-22(12-14-25)15-20(16-24(5-2)18-22)19-9-7-6-8-10-19/h6-10,20H,4-5,11-18H2,1-3H3/t20-/m0/s1. The number of amides is 1. The van der Waals surface area contributed by atoms with Gasteiger partial charge in [0.25, 0.3) is 0 Å². The number of likely N-dealkylation sites (N-methyl/N-ethyl adjacent to an activating group) is 2. The fourth-order valence-corrected chi connectivity index (χ4v) is 4.73. The number of carbonyl (C=O) groups is 1. The first-order valence-corrected chi connectivity index (χ1v) is 10.3. The molecule has 2 heterocycles. The van der Waals surface area contributed by atoms with Gasteiger partial charge in [-0.2, -0.15) is 0 Å². The molecule has 0 bridgehead atoms. The van der Waals surface area contributed by atoms with Crippen molar-refractivity contribution in [2.45, 2.75) is 39.0 Å². The third-order valence-electron chi connectivity index (χ3n) is 6.61. The number of rotatable bonds is 5. The summed E-state index contributed by atoms with van der Waals surface area (Å²) in [6, 6.07) is 11.1. The van der Waals surface area contributed by atoms with Gasteiger partial charge in [0, 0.05) is 26.7 Å². The highest BCUT2D eigenvalue weighted by Gasteiger charge is 2.42. The van der Waals surface area contributed by atoms with Crippen LogP contribution < -0.4 is 0 Å². The lowest BCUT2D eigenvalue weighted by molar-refractivity contribution is -0.131. The smallest absolute Gasteiger partial charge is 0.236 e. The first-order valence-electron chi connectivity index (χ1n) is 10.3. The molecule has 0 radical (unpaired) electrons. The Kier molecular flexibility index (Phi) is 6.36. The van der Waals surface area contributed by atoms with E-state index in [1.54, 1.807) is 0 Å². The van der Waals surface area contributed by atoms with Gasteiger partial charge in [-0.05, 0) is 62.7 Å². The summed E-state index contributed by atoms with van der Waals surface area (Å²) in [6.45, 7) is 11.4. The molecule has 0 aromatic heterocycles. The summed E-state index contributed by atoms with van der Waals surface area (Å²) in [6.07, 6.45) is 3.73. The van der Waals surface area contributed by atoms with E-state index in [1.165, 1.54) is 37.9 Å². The summed E-state index contributed by atoms with van der Waals surface area (Å²) in [5, 5.41) is 0. The zero-order chi connectivity index (χ0) is 18.6. The average molecular weight is 358 g/mol. The fraction of sp³-hybridized carbons (Fsp3) is 0.682. The van der Waals surface area contributed by atoms with Crippen molar-refractivity contribution >= 4 is 5.91 Å². The Morgan fingerprint density at radius 3 is 2.46 bits per heavy atom. The van der Waals surface area contributed by atoms with Crippen LogP contribution in [0, 0.1) is 5.41 Å². The summed E-state index contributed by atoms with van der Waals surface area (Å²) >= 11 is 0. The summed E-state index contributed by atoms with van der Waals surface area (Å²) in [4.78, 5) is 19.1. The van der Waals surface area contributed by atoms with Gasteiger partial charge < -0.3 is 9.80 Å². The minimum absolute atomic E-state index is 0.254. The molecule has 2 saturated heterocycles. The van der Waals surface area contributed by atoms with Gasteiger partial charge in [0.2, 0.25) is 5.91 Å². The summed E-state index contributed by atoms with van der Waals surface area (Å²) in [5.74, 6) is 0.897. The molecular formula is C22H35N3O. The van der Waals surface area contributed by atoms with Gasteiger partial charge in [-0.15, -0.1) is 0 Å². The Morgan fingerprint density at radius 1 is 1.15 bits per heavy atom. The molecule has 0 unspecified atom stereocenters. The Hall–Kier alpha value is -1.39. The maximum Gasteiger partial charge on any atom is 0.236 e. The third kappa shape index (κ3) is 4.47. The minimum atomic E-state index is 0.254. The van der Waals surface area contributed by atoms with Gasteiger partial charge in [0.1, 0.15) is 0 Å². The van der Waals surface area contributed by atoms with Gasteiger partial charge in [-0.3, -0.25) is 9.69 Å². The van der Waals surface area contributed by atoms with E-state index < -0.39 is 0 Å². The summed E-state index contributed by atoms with van der Waals surface area (Å²) < 4.78 is 0. The van der Waals surface area contributed by atoms with Crippen molar-refractivity contribution < 1.29 is 4.79 Å². The molecule has 144 valence electrons. The van der Waals surface area contributed by atoms with E-state index in [9.17, 15) is 4.79 Å². The van der Waals surface area contributed by atoms with Crippen LogP contribution in [-0.4, -0.2) is 73.5 Å². The largest absolute Gasteiger partial charge is 0.345 e. The van der Waals surface area contributed by atoms with Crippen LogP contribution in [0.2, 0.25) is 0 Å².